The van der Waals surface area contributed by atoms with Gasteiger partial charge in [-0.1, -0.05) is 0 Å². The molecule has 128 valence electrons. The molecule has 3 rings (SSSR count). The molecule has 0 bridgehead atoms. The lowest BCUT2D eigenvalue weighted by atomic mass is 10.0. The first kappa shape index (κ1) is 16.4. The SMILES string of the molecule is CNC(=O)[C@@H]1CN(Cc2cnc[nH]2)CCN(C2CCOCC2)C1. The van der Waals surface area contributed by atoms with Crippen molar-refractivity contribution in [3.63, 3.8) is 0 Å². The fraction of sp³-hybridized carbons (Fsp3) is 0.750. The van der Waals surface area contributed by atoms with Crippen LogP contribution < -0.4 is 5.32 Å². The van der Waals surface area contributed by atoms with Crippen molar-refractivity contribution in [3.8, 4) is 0 Å². The summed E-state index contributed by atoms with van der Waals surface area (Å²) in [5.74, 6) is 0.145. The standard InChI is InChI=1S/C16H27N5O2/c1-17-16(22)13-9-20(11-14-8-18-12-19-14)4-5-21(10-13)15-2-6-23-7-3-15/h8,12-13,15H,2-7,9-11H2,1H3,(H,17,22)(H,18,19)/t13-/m1/s1. The molecule has 2 saturated heterocycles. The molecule has 2 fully saturated rings. The molecule has 7 nitrogen and oxygen atoms in total. The molecule has 0 spiro atoms. The van der Waals surface area contributed by atoms with E-state index in [1.165, 1.54) is 0 Å². The van der Waals surface area contributed by atoms with Gasteiger partial charge in [0.15, 0.2) is 0 Å². The average Bonchev–Trinajstić information content (AvgIpc) is 3.00. The molecule has 1 atom stereocenters. The van der Waals surface area contributed by atoms with Gasteiger partial charge in [0.25, 0.3) is 0 Å². The number of amides is 1. The van der Waals surface area contributed by atoms with E-state index in [0.29, 0.717) is 6.04 Å². The number of rotatable bonds is 4. The molecule has 0 saturated carbocycles. The van der Waals surface area contributed by atoms with Crippen LogP contribution in [0.1, 0.15) is 18.5 Å². The van der Waals surface area contributed by atoms with Crippen LogP contribution in [0, 0.1) is 5.92 Å². The number of hydrogen-bond acceptors (Lipinski definition) is 5. The molecule has 1 amide bonds. The van der Waals surface area contributed by atoms with Crippen LogP contribution in [-0.4, -0.2) is 78.2 Å². The zero-order chi connectivity index (χ0) is 16.1. The van der Waals surface area contributed by atoms with Crippen LogP contribution >= 0.6 is 0 Å². The lowest BCUT2D eigenvalue weighted by molar-refractivity contribution is -0.125. The largest absolute Gasteiger partial charge is 0.381 e. The second kappa shape index (κ2) is 7.90. The number of nitrogens with zero attached hydrogens (tertiary/aromatic N) is 3. The first-order chi connectivity index (χ1) is 11.3. The van der Waals surface area contributed by atoms with Crippen LogP contribution in [0.3, 0.4) is 0 Å². The molecular formula is C16H27N5O2. The van der Waals surface area contributed by atoms with Gasteiger partial charge in [0.1, 0.15) is 0 Å². The van der Waals surface area contributed by atoms with Crippen molar-refractivity contribution < 1.29 is 9.53 Å². The Balaban J connectivity index is 1.67. The molecule has 7 heteroatoms. The fourth-order valence-electron chi connectivity index (χ4n) is 3.61. The topological polar surface area (TPSA) is 73.5 Å². The normalized spacial score (nSPS) is 25.2. The van der Waals surface area contributed by atoms with Gasteiger partial charge in [-0.2, -0.15) is 0 Å². The third-order valence-electron chi connectivity index (χ3n) is 4.91. The van der Waals surface area contributed by atoms with Crippen LogP contribution in [0.4, 0.5) is 0 Å². The number of aromatic nitrogens is 2. The molecule has 2 aliphatic heterocycles. The van der Waals surface area contributed by atoms with E-state index < -0.39 is 0 Å². The highest BCUT2D eigenvalue weighted by Gasteiger charge is 2.31. The Labute approximate surface area is 137 Å². The maximum atomic E-state index is 12.3. The smallest absolute Gasteiger partial charge is 0.225 e. The van der Waals surface area contributed by atoms with Crippen molar-refractivity contribution in [2.45, 2.75) is 25.4 Å². The van der Waals surface area contributed by atoms with Crippen molar-refractivity contribution in [2.75, 3.05) is 46.4 Å². The predicted octanol–water partition coefficient (Wildman–Crippen LogP) is 0.0685. The van der Waals surface area contributed by atoms with Crippen LogP contribution in [0.5, 0.6) is 0 Å². The van der Waals surface area contributed by atoms with Crippen LogP contribution in [0.15, 0.2) is 12.5 Å². The average molecular weight is 321 g/mol. The summed E-state index contributed by atoms with van der Waals surface area (Å²) in [4.78, 5) is 24.4. The third kappa shape index (κ3) is 4.31. The maximum absolute atomic E-state index is 12.3. The molecule has 1 aromatic heterocycles. The number of hydrogen-bond donors (Lipinski definition) is 2. The molecule has 0 radical (unpaired) electrons. The first-order valence-electron chi connectivity index (χ1n) is 8.49. The number of carbonyl (C=O) groups excluding carboxylic acids is 1. The minimum Gasteiger partial charge on any atom is -0.381 e. The van der Waals surface area contributed by atoms with Crippen molar-refractivity contribution >= 4 is 5.91 Å². The van der Waals surface area contributed by atoms with Crippen molar-refractivity contribution in [1.82, 2.24) is 25.1 Å². The molecular weight excluding hydrogens is 294 g/mol. The Bertz CT molecular complexity index is 487. The van der Waals surface area contributed by atoms with E-state index in [-0.39, 0.29) is 11.8 Å². The number of nitrogens with one attached hydrogen (secondary N) is 2. The number of carbonyl (C=O) groups is 1. The van der Waals surface area contributed by atoms with Gasteiger partial charge in [-0.25, -0.2) is 4.98 Å². The number of H-pyrrole nitrogens is 1. The van der Waals surface area contributed by atoms with E-state index in [0.717, 1.165) is 64.5 Å². The maximum Gasteiger partial charge on any atom is 0.225 e. The molecule has 0 unspecified atom stereocenters. The van der Waals surface area contributed by atoms with Gasteiger partial charge in [-0.15, -0.1) is 0 Å². The molecule has 0 aliphatic carbocycles. The third-order valence-corrected chi connectivity index (χ3v) is 4.91. The Hall–Kier alpha value is -1.44. The van der Waals surface area contributed by atoms with Gasteiger partial charge >= 0.3 is 0 Å². The van der Waals surface area contributed by atoms with Crippen LogP contribution in [-0.2, 0) is 16.1 Å². The summed E-state index contributed by atoms with van der Waals surface area (Å²) in [5.41, 5.74) is 1.10. The Kier molecular flexibility index (Phi) is 5.64. The summed E-state index contributed by atoms with van der Waals surface area (Å²) in [6.07, 6.45) is 5.70. The second-order valence-electron chi connectivity index (χ2n) is 6.46. The molecule has 2 aliphatic rings. The summed E-state index contributed by atoms with van der Waals surface area (Å²) < 4.78 is 5.48. The highest BCUT2D eigenvalue weighted by atomic mass is 16.5. The summed E-state index contributed by atoms with van der Waals surface area (Å²) in [5, 5.41) is 2.83. The van der Waals surface area contributed by atoms with Gasteiger partial charge in [-0.05, 0) is 12.8 Å². The lowest BCUT2D eigenvalue weighted by Gasteiger charge is -2.34. The predicted molar refractivity (Wildman–Crippen MR) is 86.8 cm³/mol. The van der Waals surface area contributed by atoms with Crippen molar-refractivity contribution in [1.29, 1.82) is 0 Å². The van der Waals surface area contributed by atoms with Crippen molar-refractivity contribution in [2.24, 2.45) is 5.92 Å². The number of aromatic amines is 1. The Morgan fingerprint density at radius 1 is 1.39 bits per heavy atom. The quantitative estimate of drug-likeness (QED) is 0.821. The summed E-state index contributed by atoms with van der Waals surface area (Å²) >= 11 is 0. The number of imidazole rings is 1. The summed E-state index contributed by atoms with van der Waals surface area (Å²) in [7, 11) is 1.73. The second-order valence-corrected chi connectivity index (χ2v) is 6.46. The van der Waals surface area contributed by atoms with Crippen LogP contribution in [0.2, 0.25) is 0 Å². The Morgan fingerprint density at radius 2 is 2.22 bits per heavy atom. The zero-order valence-corrected chi connectivity index (χ0v) is 13.8. The van der Waals surface area contributed by atoms with Gasteiger partial charge in [0.05, 0.1) is 12.2 Å². The first-order valence-corrected chi connectivity index (χ1v) is 8.49. The molecule has 23 heavy (non-hydrogen) atoms. The highest BCUT2D eigenvalue weighted by Crippen LogP contribution is 2.20. The van der Waals surface area contributed by atoms with Crippen LogP contribution in [0.25, 0.3) is 0 Å². The van der Waals surface area contributed by atoms with E-state index in [1.807, 2.05) is 6.20 Å². The van der Waals surface area contributed by atoms with E-state index in [2.05, 4.69) is 25.1 Å². The monoisotopic (exact) mass is 321 g/mol. The zero-order valence-electron chi connectivity index (χ0n) is 13.8. The van der Waals surface area contributed by atoms with E-state index >= 15 is 0 Å². The van der Waals surface area contributed by atoms with Gasteiger partial charge in [0, 0.05) is 70.9 Å². The molecule has 1 aromatic rings. The Morgan fingerprint density at radius 3 is 2.91 bits per heavy atom. The van der Waals surface area contributed by atoms with E-state index in [4.69, 9.17) is 4.74 Å². The van der Waals surface area contributed by atoms with E-state index in [1.54, 1.807) is 13.4 Å². The van der Waals surface area contributed by atoms with Gasteiger partial charge in [0.2, 0.25) is 5.91 Å². The summed E-state index contributed by atoms with van der Waals surface area (Å²) in [6.45, 7) is 6.10. The minimum atomic E-state index is 0.00765. The molecule has 0 aromatic carbocycles. The highest BCUT2D eigenvalue weighted by molar-refractivity contribution is 5.78. The van der Waals surface area contributed by atoms with Gasteiger partial charge < -0.3 is 15.0 Å². The van der Waals surface area contributed by atoms with E-state index in [9.17, 15) is 4.79 Å². The molecule has 2 N–H and O–H groups in total. The van der Waals surface area contributed by atoms with Gasteiger partial charge in [-0.3, -0.25) is 14.6 Å². The number of ether oxygens (including phenoxy) is 1. The summed E-state index contributed by atoms with van der Waals surface area (Å²) in [6, 6.07) is 0.544. The lowest BCUT2D eigenvalue weighted by Crippen LogP contribution is -2.45. The fourth-order valence-corrected chi connectivity index (χ4v) is 3.61. The molecule has 3 heterocycles. The van der Waals surface area contributed by atoms with Crippen molar-refractivity contribution in [3.05, 3.63) is 18.2 Å². The minimum absolute atomic E-state index is 0.00765.